The lowest BCUT2D eigenvalue weighted by atomic mass is 10.2. The van der Waals surface area contributed by atoms with Crippen LogP contribution in [0.2, 0.25) is 0 Å². The molecular weight excluding hydrogens is 206 g/mol. The standard InChI is InChI=1S/C11H19N3O2/c1-8(2)6-14-10(7-15)12-13-11(14)9-4-3-5-16-9/h8-9,15H,3-7H2,1-2H3. The molecule has 1 atom stereocenters. The van der Waals surface area contributed by atoms with Crippen molar-refractivity contribution < 1.29 is 9.84 Å². The Balaban J connectivity index is 2.25. The summed E-state index contributed by atoms with van der Waals surface area (Å²) < 4.78 is 7.61. The molecule has 5 nitrogen and oxygen atoms in total. The van der Waals surface area contributed by atoms with Crippen LogP contribution in [0.4, 0.5) is 0 Å². The van der Waals surface area contributed by atoms with E-state index in [4.69, 9.17) is 4.74 Å². The lowest BCUT2D eigenvalue weighted by Crippen LogP contribution is -2.14. The first-order chi connectivity index (χ1) is 7.72. The summed E-state index contributed by atoms with van der Waals surface area (Å²) in [6.07, 6.45) is 2.14. The molecule has 1 aromatic rings. The van der Waals surface area contributed by atoms with Crippen molar-refractivity contribution >= 4 is 0 Å². The van der Waals surface area contributed by atoms with Gasteiger partial charge in [0.2, 0.25) is 0 Å². The number of aromatic nitrogens is 3. The fourth-order valence-electron chi connectivity index (χ4n) is 2.05. The van der Waals surface area contributed by atoms with E-state index in [1.165, 1.54) is 0 Å². The first-order valence-corrected chi connectivity index (χ1v) is 5.86. The minimum atomic E-state index is -0.0631. The van der Waals surface area contributed by atoms with E-state index in [1.54, 1.807) is 0 Å². The molecule has 90 valence electrons. The number of hydrogen-bond acceptors (Lipinski definition) is 4. The van der Waals surface area contributed by atoms with E-state index < -0.39 is 0 Å². The molecule has 2 rings (SSSR count). The Hall–Kier alpha value is -0.940. The van der Waals surface area contributed by atoms with Crippen LogP contribution in [0.25, 0.3) is 0 Å². The minimum absolute atomic E-state index is 0.0616. The Kier molecular flexibility index (Phi) is 3.56. The van der Waals surface area contributed by atoms with Crippen LogP contribution in [0.15, 0.2) is 0 Å². The highest BCUT2D eigenvalue weighted by atomic mass is 16.5. The fraction of sp³-hybridized carbons (Fsp3) is 0.818. The molecule has 0 bridgehead atoms. The first-order valence-electron chi connectivity index (χ1n) is 5.86. The smallest absolute Gasteiger partial charge is 0.162 e. The summed E-state index contributed by atoms with van der Waals surface area (Å²) in [7, 11) is 0. The largest absolute Gasteiger partial charge is 0.388 e. The summed E-state index contributed by atoms with van der Waals surface area (Å²) in [6.45, 7) is 5.85. The maximum absolute atomic E-state index is 9.22. The number of rotatable bonds is 4. The molecule has 16 heavy (non-hydrogen) atoms. The average molecular weight is 225 g/mol. The Morgan fingerprint density at radius 2 is 2.31 bits per heavy atom. The Morgan fingerprint density at radius 1 is 1.50 bits per heavy atom. The van der Waals surface area contributed by atoms with E-state index in [1.807, 2.05) is 4.57 Å². The van der Waals surface area contributed by atoms with Gasteiger partial charge in [-0.05, 0) is 18.8 Å². The number of hydrogen-bond donors (Lipinski definition) is 1. The normalized spacial score (nSPS) is 20.9. The monoisotopic (exact) mass is 225 g/mol. The molecule has 5 heteroatoms. The van der Waals surface area contributed by atoms with Crippen molar-refractivity contribution in [3.05, 3.63) is 11.6 Å². The molecule has 1 aliphatic heterocycles. The molecule has 1 unspecified atom stereocenters. The van der Waals surface area contributed by atoms with Crippen LogP contribution >= 0.6 is 0 Å². The third kappa shape index (κ3) is 2.25. The van der Waals surface area contributed by atoms with Gasteiger partial charge >= 0.3 is 0 Å². The molecule has 1 aliphatic rings. The second-order valence-corrected chi connectivity index (χ2v) is 4.64. The van der Waals surface area contributed by atoms with E-state index in [0.717, 1.165) is 31.8 Å². The predicted molar refractivity (Wildman–Crippen MR) is 58.7 cm³/mol. The zero-order chi connectivity index (χ0) is 11.5. The first kappa shape index (κ1) is 11.5. The molecule has 0 aliphatic carbocycles. The zero-order valence-electron chi connectivity index (χ0n) is 9.89. The number of aliphatic hydroxyl groups is 1. The van der Waals surface area contributed by atoms with Crippen molar-refractivity contribution in [2.45, 2.75) is 45.9 Å². The Labute approximate surface area is 95.4 Å². The zero-order valence-corrected chi connectivity index (χ0v) is 9.89. The van der Waals surface area contributed by atoms with Crippen LogP contribution in [0.1, 0.15) is 44.4 Å². The molecule has 0 radical (unpaired) electrons. The van der Waals surface area contributed by atoms with Crippen molar-refractivity contribution in [3.8, 4) is 0 Å². The summed E-state index contributed by atoms with van der Waals surface area (Å²) in [5, 5.41) is 17.4. The third-order valence-corrected chi connectivity index (χ3v) is 2.76. The summed E-state index contributed by atoms with van der Waals surface area (Å²) >= 11 is 0. The van der Waals surface area contributed by atoms with Crippen LogP contribution in [0.5, 0.6) is 0 Å². The molecule has 0 spiro atoms. The van der Waals surface area contributed by atoms with E-state index in [9.17, 15) is 5.11 Å². The molecule has 1 aromatic heterocycles. The summed E-state index contributed by atoms with van der Waals surface area (Å²) in [4.78, 5) is 0. The van der Waals surface area contributed by atoms with Crippen LogP contribution in [0.3, 0.4) is 0 Å². The number of aliphatic hydroxyl groups excluding tert-OH is 1. The van der Waals surface area contributed by atoms with Gasteiger partial charge in [-0.15, -0.1) is 10.2 Å². The predicted octanol–water partition coefficient (Wildman–Crippen LogP) is 1.28. The fourth-order valence-corrected chi connectivity index (χ4v) is 2.05. The van der Waals surface area contributed by atoms with Crippen LogP contribution in [-0.4, -0.2) is 26.5 Å². The van der Waals surface area contributed by atoms with Crippen molar-refractivity contribution in [2.24, 2.45) is 5.92 Å². The SMILES string of the molecule is CC(C)Cn1c(CO)nnc1C1CCCO1. The molecule has 0 aromatic carbocycles. The summed E-state index contributed by atoms with van der Waals surface area (Å²) in [5.41, 5.74) is 0. The van der Waals surface area contributed by atoms with E-state index in [0.29, 0.717) is 11.7 Å². The van der Waals surface area contributed by atoms with E-state index >= 15 is 0 Å². The van der Waals surface area contributed by atoms with Gasteiger partial charge in [-0.3, -0.25) is 0 Å². The van der Waals surface area contributed by atoms with Crippen LogP contribution in [0, 0.1) is 5.92 Å². The van der Waals surface area contributed by atoms with Gasteiger partial charge in [0, 0.05) is 13.2 Å². The third-order valence-electron chi connectivity index (χ3n) is 2.76. The minimum Gasteiger partial charge on any atom is -0.388 e. The Bertz CT molecular complexity index is 343. The lowest BCUT2D eigenvalue weighted by molar-refractivity contribution is 0.100. The summed E-state index contributed by atoms with van der Waals surface area (Å²) in [6, 6.07) is 0. The highest BCUT2D eigenvalue weighted by Gasteiger charge is 2.25. The van der Waals surface area contributed by atoms with Crippen LogP contribution < -0.4 is 0 Å². The second kappa shape index (κ2) is 4.93. The molecular formula is C11H19N3O2. The van der Waals surface area contributed by atoms with Gasteiger partial charge in [-0.1, -0.05) is 13.8 Å². The summed E-state index contributed by atoms with van der Waals surface area (Å²) in [5.74, 6) is 2.01. The maximum Gasteiger partial charge on any atom is 0.162 e. The molecule has 0 amide bonds. The van der Waals surface area contributed by atoms with Gasteiger partial charge in [-0.2, -0.15) is 0 Å². The van der Waals surface area contributed by atoms with Gasteiger partial charge in [0.15, 0.2) is 11.6 Å². The van der Waals surface area contributed by atoms with Crippen molar-refractivity contribution in [1.29, 1.82) is 0 Å². The Morgan fingerprint density at radius 3 is 2.88 bits per heavy atom. The highest BCUT2D eigenvalue weighted by molar-refractivity contribution is 5.00. The van der Waals surface area contributed by atoms with E-state index in [2.05, 4.69) is 24.0 Å². The van der Waals surface area contributed by atoms with Gasteiger partial charge in [0.05, 0.1) is 0 Å². The highest BCUT2D eigenvalue weighted by Crippen LogP contribution is 2.28. The molecule has 1 fully saturated rings. The quantitative estimate of drug-likeness (QED) is 0.838. The van der Waals surface area contributed by atoms with Gasteiger partial charge in [-0.25, -0.2) is 0 Å². The molecule has 1 N–H and O–H groups in total. The van der Waals surface area contributed by atoms with E-state index in [-0.39, 0.29) is 12.7 Å². The number of ether oxygens (including phenoxy) is 1. The van der Waals surface area contributed by atoms with Crippen LogP contribution in [-0.2, 0) is 17.9 Å². The van der Waals surface area contributed by atoms with Crippen molar-refractivity contribution in [1.82, 2.24) is 14.8 Å². The number of nitrogens with zero attached hydrogens (tertiary/aromatic N) is 3. The molecule has 1 saturated heterocycles. The molecule has 0 saturated carbocycles. The second-order valence-electron chi connectivity index (χ2n) is 4.64. The molecule has 2 heterocycles. The topological polar surface area (TPSA) is 60.2 Å². The maximum atomic E-state index is 9.22. The average Bonchev–Trinajstić information content (AvgIpc) is 2.84. The van der Waals surface area contributed by atoms with Gasteiger partial charge < -0.3 is 14.4 Å². The van der Waals surface area contributed by atoms with Gasteiger partial charge in [0.1, 0.15) is 12.7 Å². The van der Waals surface area contributed by atoms with Crippen molar-refractivity contribution in [2.75, 3.05) is 6.61 Å². The van der Waals surface area contributed by atoms with Gasteiger partial charge in [0.25, 0.3) is 0 Å². The lowest BCUT2D eigenvalue weighted by Gasteiger charge is -2.14. The van der Waals surface area contributed by atoms with Crippen molar-refractivity contribution in [3.63, 3.8) is 0 Å².